The maximum atomic E-state index is 12.8. The zero-order chi connectivity index (χ0) is 23.2. The molecule has 0 spiro atoms. The molecule has 0 radical (unpaired) electrons. The number of aromatic nitrogens is 2. The Bertz CT molecular complexity index is 1370. The van der Waals surface area contributed by atoms with Crippen molar-refractivity contribution in [3.8, 4) is 5.69 Å². The molecule has 166 valence electrons. The molecule has 0 atom stereocenters. The van der Waals surface area contributed by atoms with Crippen molar-refractivity contribution in [3.63, 3.8) is 0 Å². The smallest absolute Gasteiger partial charge is 0.293 e. The Kier molecular flexibility index (Phi) is 6.69. The van der Waals surface area contributed by atoms with Crippen molar-refractivity contribution in [2.24, 2.45) is 20.5 Å². The van der Waals surface area contributed by atoms with Crippen LogP contribution in [-0.4, -0.2) is 9.78 Å². The molecular formula is C26H26N6O. The van der Waals surface area contributed by atoms with E-state index in [0.29, 0.717) is 17.1 Å². The number of para-hydroxylation sites is 1. The Morgan fingerprint density at radius 1 is 0.758 bits per heavy atom. The average Bonchev–Trinajstić information content (AvgIpc) is 3.15. The first-order chi connectivity index (χ1) is 16.1. The zero-order valence-electron chi connectivity index (χ0n) is 19.0. The van der Waals surface area contributed by atoms with Crippen molar-refractivity contribution >= 4 is 22.7 Å². The van der Waals surface area contributed by atoms with Gasteiger partial charge in [-0.05, 0) is 67.3 Å². The molecule has 3 aromatic carbocycles. The van der Waals surface area contributed by atoms with E-state index < -0.39 is 0 Å². The third-order valence-electron chi connectivity index (χ3n) is 5.40. The van der Waals surface area contributed by atoms with Crippen LogP contribution in [0.1, 0.15) is 30.7 Å². The molecule has 1 heterocycles. The lowest BCUT2D eigenvalue weighted by atomic mass is 10.1. The van der Waals surface area contributed by atoms with Crippen molar-refractivity contribution < 1.29 is 0 Å². The van der Waals surface area contributed by atoms with Gasteiger partial charge in [0.05, 0.1) is 28.4 Å². The molecule has 4 rings (SSSR count). The SMILES string of the molecule is CCc1ccccc1N=Nc1ccc(N=Nc2c(C)[nH]n(-c3ccccc3)c2=O)c(CC)c1. The predicted octanol–water partition coefficient (Wildman–Crippen LogP) is 7.43. The lowest BCUT2D eigenvalue weighted by Gasteiger charge is -2.04. The summed E-state index contributed by atoms with van der Waals surface area (Å²) in [5.41, 5.74) is 5.94. The highest BCUT2D eigenvalue weighted by Crippen LogP contribution is 2.29. The molecule has 0 amide bonds. The van der Waals surface area contributed by atoms with Gasteiger partial charge in [0.1, 0.15) is 0 Å². The fraction of sp³-hybridized carbons (Fsp3) is 0.192. The number of azo groups is 2. The highest BCUT2D eigenvalue weighted by Gasteiger charge is 2.12. The van der Waals surface area contributed by atoms with Crippen LogP contribution < -0.4 is 5.56 Å². The molecule has 0 aliphatic rings. The third kappa shape index (κ3) is 4.87. The molecule has 0 unspecified atom stereocenters. The van der Waals surface area contributed by atoms with E-state index in [1.807, 2.05) is 80.6 Å². The highest BCUT2D eigenvalue weighted by molar-refractivity contribution is 5.55. The fourth-order valence-corrected chi connectivity index (χ4v) is 3.55. The van der Waals surface area contributed by atoms with Crippen molar-refractivity contribution in [1.29, 1.82) is 0 Å². The number of H-pyrrole nitrogens is 1. The van der Waals surface area contributed by atoms with Crippen molar-refractivity contribution in [2.75, 3.05) is 0 Å². The Morgan fingerprint density at radius 2 is 1.42 bits per heavy atom. The van der Waals surface area contributed by atoms with Gasteiger partial charge < -0.3 is 0 Å². The number of hydrogen-bond donors (Lipinski definition) is 1. The second-order valence-electron chi connectivity index (χ2n) is 7.61. The van der Waals surface area contributed by atoms with Gasteiger partial charge in [-0.1, -0.05) is 50.2 Å². The van der Waals surface area contributed by atoms with Crippen LogP contribution >= 0.6 is 0 Å². The standard InChI is InChI=1S/C26H26N6O/c1-4-19-11-9-10-14-23(19)28-27-21-15-16-24(20(5-2)17-21)29-30-25-18(3)31-32(26(25)33)22-12-7-6-8-13-22/h6-17,31H,4-5H2,1-3H3. The summed E-state index contributed by atoms with van der Waals surface area (Å²) in [5.74, 6) is 0. The van der Waals surface area contributed by atoms with Crippen LogP contribution in [0.5, 0.6) is 0 Å². The summed E-state index contributed by atoms with van der Waals surface area (Å²) in [6.07, 6.45) is 1.66. The molecule has 1 N–H and O–H groups in total. The van der Waals surface area contributed by atoms with E-state index in [9.17, 15) is 4.79 Å². The van der Waals surface area contributed by atoms with E-state index in [-0.39, 0.29) is 5.56 Å². The van der Waals surface area contributed by atoms with Gasteiger partial charge in [-0.3, -0.25) is 9.89 Å². The van der Waals surface area contributed by atoms with Crippen molar-refractivity contribution in [3.05, 3.63) is 100.0 Å². The van der Waals surface area contributed by atoms with Crippen LogP contribution in [0.2, 0.25) is 0 Å². The van der Waals surface area contributed by atoms with Gasteiger partial charge >= 0.3 is 0 Å². The average molecular weight is 439 g/mol. The lowest BCUT2D eigenvalue weighted by Crippen LogP contribution is -2.13. The molecule has 33 heavy (non-hydrogen) atoms. The Labute approximate surface area is 192 Å². The van der Waals surface area contributed by atoms with E-state index in [4.69, 9.17) is 0 Å². The largest absolute Gasteiger partial charge is 0.299 e. The summed E-state index contributed by atoms with van der Waals surface area (Å²) in [5, 5.41) is 20.6. The monoisotopic (exact) mass is 438 g/mol. The van der Waals surface area contributed by atoms with Crippen LogP contribution in [0.15, 0.2) is 98.0 Å². The first kappa shape index (κ1) is 22.1. The summed E-state index contributed by atoms with van der Waals surface area (Å²) in [4.78, 5) is 12.8. The lowest BCUT2D eigenvalue weighted by molar-refractivity contribution is 0.835. The summed E-state index contributed by atoms with van der Waals surface area (Å²) in [6.45, 7) is 5.96. The van der Waals surface area contributed by atoms with Gasteiger partial charge in [-0.15, -0.1) is 5.11 Å². The number of rotatable bonds is 7. The number of nitrogens with zero attached hydrogens (tertiary/aromatic N) is 5. The maximum absolute atomic E-state index is 12.8. The normalized spacial score (nSPS) is 11.6. The molecule has 7 nitrogen and oxygen atoms in total. The second kappa shape index (κ2) is 9.99. The zero-order valence-corrected chi connectivity index (χ0v) is 19.0. The van der Waals surface area contributed by atoms with Gasteiger partial charge in [0.25, 0.3) is 5.56 Å². The molecule has 0 fully saturated rings. The minimum atomic E-state index is -0.236. The fourth-order valence-electron chi connectivity index (χ4n) is 3.55. The minimum Gasteiger partial charge on any atom is -0.293 e. The third-order valence-corrected chi connectivity index (χ3v) is 5.40. The maximum Gasteiger partial charge on any atom is 0.299 e. The Hall–Kier alpha value is -4.13. The number of nitrogens with one attached hydrogen (secondary N) is 1. The van der Waals surface area contributed by atoms with Crippen LogP contribution in [0.4, 0.5) is 22.7 Å². The molecular weight excluding hydrogens is 412 g/mol. The predicted molar refractivity (Wildman–Crippen MR) is 131 cm³/mol. The van der Waals surface area contributed by atoms with Crippen LogP contribution in [0, 0.1) is 6.92 Å². The van der Waals surface area contributed by atoms with Crippen molar-refractivity contribution in [2.45, 2.75) is 33.6 Å². The van der Waals surface area contributed by atoms with Gasteiger partial charge in [-0.25, -0.2) is 4.68 Å². The summed E-state index contributed by atoms with van der Waals surface area (Å²) >= 11 is 0. The molecule has 0 saturated carbocycles. The number of benzene rings is 3. The number of aryl methyl sites for hydroxylation is 3. The summed E-state index contributed by atoms with van der Waals surface area (Å²) in [7, 11) is 0. The first-order valence-electron chi connectivity index (χ1n) is 11.0. The van der Waals surface area contributed by atoms with Gasteiger partial charge in [0.15, 0.2) is 5.69 Å². The molecule has 1 aromatic heterocycles. The number of aromatic amines is 1. The van der Waals surface area contributed by atoms with Gasteiger partial charge in [0.2, 0.25) is 0 Å². The summed E-state index contributed by atoms with van der Waals surface area (Å²) < 4.78 is 1.47. The topological polar surface area (TPSA) is 87.2 Å². The van der Waals surface area contributed by atoms with Crippen LogP contribution in [0.3, 0.4) is 0 Å². The molecule has 4 aromatic rings. The second-order valence-corrected chi connectivity index (χ2v) is 7.61. The summed E-state index contributed by atoms with van der Waals surface area (Å²) in [6, 6.07) is 23.1. The van der Waals surface area contributed by atoms with E-state index in [1.54, 1.807) is 0 Å². The van der Waals surface area contributed by atoms with Gasteiger partial charge in [0, 0.05) is 0 Å². The number of hydrogen-bond acceptors (Lipinski definition) is 5. The minimum absolute atomic E-state index is 0.236. The van der Waals surface area contributed by atoms with Gasteiger partial charge in [-0.2, -0.15) is 15.3 Å². The van der Waals surface area contributed by atoms with Crippen molar-refractivity contribution in [1.82, 2.24) is 9.78 Å². The highest BCUT2D eigenvalue weighted by atomic mass is 16.1. The van der Waals surface area contributed by atoms with E-state index in [0.717, 1.165) is 41.0 Å². The van der Waals surface area contributed by atoms with Crippen LogP contribution in [-0.2, 0) is 12.8 Å². The molecule has 0 saturated heterocycles. The molecule has 0 bridgehead atoms. The molecule has 0 aliphatic heterocycles. The molecule has 7 heteroatoms. The first-order valence-corrected chi connectivity index (χ1v) is 11.0. The Morgan fingerprint density at radius 3 is 2.18 bits per heavy atom. The van der Waals surface area contributed by atoms with E-state index >= 15 is 0 Å². The van der Waals surface area contributed by atoms with E-state index in [1.165, 1.54) is 4.68 Å². The van der Waals surface area contributed by atoms with E-state index in [2.05, 4.69) is 38.5 Å². The Balaban J connectivity index is 1.60. The quantitative estimate of drug-likeness (QED) is 0.299. The molecule has 0 aliphatic carbocycles. The van der Waals surface area contributed by atoms with Crippen LogP contribution in [0.25, 0.3) is 5.69 Å².